The predicted molar refractivity (Wildman–Crippen MR) is 59.0 cm³/mol. The Morgan fingerprint density at radius 1 is 1.29 bits per heavy atom. The van der Waals surface area contributed by atoms with Crippen molar-refractivity contribution in [3.63, 3.8) is 0 Å². The molecule has 2 atom stereocenters. The van der Waals surface area contributed by atoms with Gasteiger partial charge in [0, 0.05) is 6.54 Å². The molecular formula is C12H13NO4. The van der Waals surface area contributed by atoms with Crippen LogP contribution >= 0.6 is 0 Å². The molecule has 1 heterocycles. The van der Waals surface area contributed by atoms with E-state index in [0.29, 0.717) is 6.54 Å². The topological polar surface area (TPSA) is 67.9 Å². The Morgan fingerprint density at radius 2 is 2.00 bits per heavy atom. The van der Waals surface area contributed by atoms with Crippen LogP contribution in [0.4, 0.5) is 0 Å². The molecule has 17 heavy (non-hydrogen) atoms. The van der Waals surface area contributed by atoms with Crippen LogP contribution in [0.25, 0.3) is 0 Å². The molecule has 0 bridgehead atoms. The molecule has 1 amide bonds. The first-order valence-corrected chi connectivity index (χ1v) is 5.27. The largest absolute Gasteiger partial charge is 0.467 e. The van der Waals surface area contributed by atoms with E-state index < -0.39 is 18.2 Å². The third kappa shape index (κ3) is 2.82. The van der Waals surface area contributed by atoms with E-state index in [1.165, 1.54) is 7.11 Å². The maximum absolute atomic E-state index is 11.6. The van der Waals surface area contributed by atoms with Crippen molar-refractivity contribution in [2.75, 3.05) is 7.11 Å². The maximum Gasteiger partial charge on any atom is 0.338 e. The van der Waals surface area contributed by atoms with Crippen molar-refractivity contribution in [3.05, 3.63) is 35.9 Å². The van der Waals surface area contributed by atoms with Crippen molar-refractivity contribution in [1.29, 1.82) is 0 Å². The number of epoxide rings is 1. The van der Waals surface area contributed by atoms with E-state index in [9.17, 15) is 9.59 Å². The summed E-state index contributed by atoms with van der Waals surface area (Å²) in [7, 11) is 1.27. The van der Waals surface area contributed by atoms with Crippen molar-refractivity contribution in [3.8, 4) is 0 Å². The summed E-state index contributed by atoms with van der Waals surface area (Å²) >= 11 is 0. The molecular weight excluding hydrogens is 222 g/mol. The van der Waals surface area contributed by atoms with Crippen molar-refractivity contribution in [2.45, 2.75) is 18.8 Å². The molecule has 1 aliphatic heterocycles. The summed E-state index contributed by atoms with van der Waals surface area (Å²) < 4.78 is 9.41. The summed E-state index contributed by atoms with van der Waals surface area (Å²) in [6, 6.07) is 9.51. The molecule has 1 fully saturated rings. The number of ether oxygens (including phenoxy) is 2. The Bertz CT molecular complexity index is 418. The first-order chi connectivity index (χ1) is 8.22. The SMILES string of the molecule is COC(=O)C1OC1C(=O)NCc1ccccc1. The zero-order chi connectivity index (χ0) is 12.3. The Kier molecular flexibility index (Phi) is 3.39. The summed E-state index contributed by atoms with van der Waals surface area (Å²) in [5, 5.41) is 2.70. The Balaban J connectivity index is 1.78. The molecule has 90 valence electrons. The molecule has 1 aliphatic rings. The summed E-state index contributed by atoms with van der Waals surface area (Å²) in [5.41, 5.74) is 0.996. The highest BCUT2D eigenvalue weighted by molar-refractivity contribution is 5.92. The molecule has 2 unspecified atom stereocenters. The van der Waals surface area contributed by atoms with Crippen molar-refractivity contribution in [1.82, 2.24) is 5.32 Å². The maximum atomic E-state index is 11.6. The molecule has 0 saturated carbocycles. The summed E-state index contributed by atoms with van der Waals surface area (Å²) in [5.74, 6) is -0.797. The van der Waals surface area contributed by atoms with Crippen LogP contribution in [0, 0.1) is 0 Å². The molecule has 0 aliphatic carbocycles. The molecule has 2 rings (SSSR count). The smallest absolute Gasteiger partial charge is 0.338 e. The Labute approximate surface area is 98.7 Å². The van der Waals surface area contributed by atoms with E-state index in [-0.39, 0.29) is 5.91 Å². The highest BCUT2D eigenvalue weighted by Gasteiger charge is 2.51. The number of benzene rings is 1. The lowest BCUT2D eigenvalue weighted by molar-refractivity contribution is -0.142. The fraction of sp³-hybridized carbons (Fsp3) is 0.333. The van der Waals surface area contributed by atoms with Gasteiger partial charge in [-0.05, 0) is 5.56 Å². The van der Waals surface area contributed by atoms with E-state index in [1.807, 2.05) is 30.3 Å². The van der Waals surface area contributed by atoms with Gasteiger partial charge in [-0.15, -0.1) is 0 Å². The van der Waals surface area contributed by atoms with E-state index in [1.54, 1.807) is 0 Å². The van der Waals surface area contributed by atoms with Crippen LogP contribution in [0.3, 0.4) is 0 Å². The molecule has 0 spiro atoms. The van der Waals surface area contributed by atoms with E-state index in [0.717, 1.165) is 5.56 Å². The van der Waals surface area contributed by atoms with Crippen LogP contribution in [-0.4, -0.2) is 31.2 Å². The first kappa shape index (κ1) is 11.6. The average Bonchev–Trinajstić information content (AvgIpc) is 3.16. The molecule has 1 aromatic rings. The number of amides is 1. The summed E-state index contributed by atoms with van der Waals surface area (Å²) in [6.07, 6.45) is -1.44. The highest BCUT2D eigenvalue weighted by Crippen LogP contribution is 2.23. The van der Waals surface area contributed by atoms with Gasteiger partial charge in [-0.25, -0.2) is 4.79 Å². The van der Waals surface area contributed by atoms with Gasteiger partial charge in [0.1, 0.15) is 0 Å². The zero-order valence-electron chi connectivity index (χ0n) is 9.38. The number of carbonyl (C=O) groups is 2. The summed E-state index contributed by atoms with van der Waals surface area (Å²) in [6.45, 7) is 0.424. The first-order valence-electron chi connectivity index (χ1n) is 5.27. The van der Waals surface area contributed by atoms with Crippen LogP contribution in [0.2, 0.25) is 0 Å². The minimum atomic E-state index is -0.740. The van der Waals surface area contributed by atoms with Crippen LogP contribution in [0.5, 0.6) is 0 Å². The van der Waals surface area contributed by atoms with E-state index >= 15 is 0 Å². The molecule has 0 radical (unpaired) electrons. The van der Waals surface area contributed by atoms with Crippen molar-refractivity contribution in [2.24, 2.45) is 0 Å². The number of esters is 1. The average molecular weight is 235 g/mol. The molecule has 1 N–H and O–H groups in total. The lowest BCUT2D eigenvalue weighted by Gasteiger charge is -2.02. The standard InChI is InChI=1S/C12H13NO4/c1-16-12(15)10-9(17-10)11(14)13-7-8-5-3-2-4-6-8/h2-6,9-10H,7H2,1H3,(H,13,14). The molecule has 0 aromatic heterocycles. The Hall–Kier alpha value is -1.88. The quantitative estimate of drug-likeness (QED) is 0.599. The fourth-order valence-electron chi connectivity index (χ4n) is 1.49. The monoisotopic (exact) mass is 235 g/mol. The minimum Gasteiger partial charge on any atom is -0.467 e. The van der Waals surface area contributed by atoms with Crippen LogP contribution < -0.4 is 5.32 Å². The van der Waals surface area contributed by atoms with E-state index in [2.05, 4.69) is 10.1 Å². The number of carbonyl (C=O) groups excluding carboxylic acids is 2. The second-order valence-electron chi connectivity index (χ2n) is 3.70. The highest BCUT2D eigenvalue weighted by atomic mass is 16.6. The van der Waals surface area contributed by atoms with Gasteiger partial charge in [0.05, 0.1) is 7.11 Å². The predicted octanol–water partition coefficient (Wildman–Crippen LogP) is 0.243. The Morgan fingerprint density at radius 3 is 2.65 bits per heavy atom. The number of hydrogen-bond donors (Lipinski definition) is 1. The third-order valence-corrected chi connectivity index (χ3v) is 2.49. The second kappa shape index (κ2) is 4.97. The number of nitrogens with one attached hydrogen (secondary N) is 1. The molecule has 5 nitrogen and oxygen atoms in total. The normalized spacial score (nSPS) is 21.7. The van der Waals surface area contributed by atoms with Crippen molar-refractivity contribution >= 4 is 11.9 Å². The number of methoxy groups -OCH3 is 1. The second-order valence-corrected chi connectivity index (χ2v) is 3.70. The lowest BCUT2D eigenvalue weighted by Crippen LogP contribution is -2.30. The van der Waals surface area contributed by atoms with Gasteiger partial charge in [0.2, 0.25) is 0 Å². The molecule has 5 heteroatoms. The van der Waals surface area contributed by atoms with Gasteiger partial charge in [0.25, 0.3) is 5.91 Å². The van der Waals surface area contributed by atoms with Crippen LogP contribution in [0.15, 0.2) is 30.3 Å². The van der Waals surface area contributed by atoms with Crippen LogP contribution in [-0.2, 0) is 25.6 Å². The zero-order valence-corrected chi connectivity index (χ0v) is 9.38. The minimum absolute atomic E-state index is 0.288. The summed E-state index contributed by atoms with van der Waals surface area (Å²) in [4.78, 5) is 22.6. The number of rotatable bonds is 4. The van der Waals surface area contributed by atoms with Gasteiger partial charge in [-0.3, -0.25) is 4.79 Å². The van der Waals surface area contributed by atoms with Gasteiger partial charge in [-0.1, -0.05) is 30.3 Å². The van der Waals surface area contributed by atoms with Gasteiger partial charge in [-0.2, -0.15) is 0 Å². The van der Waals surface area contributed by atoms with Gasteiger partial charge in [0.15, 0.2) is 12.2 Å². The molecule has 1 saturated heterocycles. The van der Waals surface area contributed by atoms with Gasteiger partial charge < -0.3 is 14.8 Å². The van der Waals surface area contributed by atoms with Gasteiger partial charge >= 0.3 is 5.97 Å². The van der Waals surface area contributed by atoms with Crippen LogP contribution in [0.1, 0.15) is 5.56 Å². The number of hydrogen-bond acceptors (Lipinski definition) is 4. The third-order valence-electron chi connectivity index (χ3n) is 2.49. The van der Waals surface area contributed by atoms with Crippen molar-refractivity contribution < 1.29 is 19.1 Å². The lowest BCUT2D eigenvalue weighted by atomic mass is 10.2. The van der Waals surface area contributed by atoms with E-state index in [4.69, 9.17) is 4.74 Å². The molecule has 1 aromatic carbocycles. The fourth-order valence-corrected chi connectivity index (χ4v) is 1.49.